The van der Waals surface area contributed by atoms with E-state index in [4.69, 9.17) is 0 Å². The van der Waals surface area contributed by atoms with E-state index < -0.39 is 0 Å². The van der Waals surface area contributed by atoms with Crippen molar-refractivity contribution in [3.63, 3.8) is 0 Å². The number of anilines is 1. The Morgan fingerprint density at radius 3 is 2.75 bits per heavy atom. The predicted molar refractivity (Wildman–Crippen MR) is 91.7 cm³/mol. The summed E-state index contributed by atoms with van der Waals surface area (Å²) in [7, 11) is 0. The number of hydrogen-bond acceptors (Lipinski definition) is 6. The summed E-state index contributed by atoms with van der Waals surface area (Å²) in [4.78, 5) is 37.4. The molecule has 2 N–H and O–H groups in total. The molecule has 0 spiro atoms. The molecule has 9 heteroatoms. The standard InChI is InChI=1S/C15H16N6O2S/c1-9-2-3-11(24-9)14(23)20-4-6-21(7-5-20)15-17-12-10(8-16-19-12)13(22)18-15/h2-3,8H,4-7H2,1H3,(H2,16,17,18,19,22). The maximum atomic E-state index is 12.5. The van der Waals surface area contributed by atoms with Gasteiger partial charge in [-0.1, -0.05) is 0 Å². The third kappa shape index (κ3) is 2.56. The molecule has 3 aromatic heterocycles. The topological polar surface area (TPSA) is 98.0 Å². The van der Waals surface area contributed by atoms with E-state index in [9.17, 15) is 9.59 Å². The molecular formula is C15H16N6O2S. The Bertz CT molecular complexity index is 950. The number of aromatic amines is 2. The second kappa shape index (κ2) is 5.75. The van der Waals surface area contributed by atoms with Crippen molar-refractivity contribution in [3.8, 4) is 0 Å². The number of nitrogens with zero attached hydrogens (tertiary/aromatic N) is 4. The summed E-state index contributed by atoms with van der Waals surface area (Å²) in [6.45, 7) is 4.44. The smallest absolute Gasteiger partial charge is 0.264 e. The molecule has 0 aliphatic carbocycles. The molecule has 4 heterocycles. The van der Waals surface area contributed by atoms with E-state index in [-0.39, 0.29) is 11.5 Å². The van der Waals surface area contributed by atoms with Crippen LogP contribution in [0, 0.1) is 6.92 Å². The minimum atomic E-state index is -0.212. The van der Waals surface area contributed by atoms with Gasteiger partial charge in [-0.15, -0.1) is 11.3 Å². The van der Waals surface area contributed by atoms with E-state index in [1.54, 1.807) is 0 Å². The van der Waals surface area contributed by atoms with E-state index >= 15 is 0 Å². The van der Waals surface area contributed by atoms with Gasteiger partial charge in [-0.2, -0.15) is 10.1 Å². The molecule has 8 nitrogen and oxygen atoms in total. The highest BCUT2D eigenvalue weighted by Crippen LogP contribution is 2.19. The van der Waals surface area contributed by atoms with Crippen LogP contribution in [-0.2, 0) is 0 Å². The van der Waals surface area contributed by atoms with Gasteiger partial charge in [0.05, 0.1) is 11.1 Å². The van der Waals surface area contributed by atoms with E-state index in [0.29, 0.717) is 43.2 Å². The number of carbonyl (C=O) groups excluding carboxylic acids is 1. The number of fused-ring (bicyclic) bond motifs is 1. The maximum Gasteiger partial charge on any atom is 0.264 e. The van der Waals surface area contributed by atoms with Crippen molar-refractivity contribution in [3.05, 3.63) is 38.4 Å². The predicted octanol–water partition coefficient (Wildman–Crippen LogP) is 0.979. The molecule has 0 saturated carbocycles. The zero-order chi connectivity index (χ0) is 16.7. The zero-order valence-corrected chi connectivity index (χ0v) is 13.9. The molecule has 1 amide bonds. The molecule has 3 aromatic rings. The van der Waals surface area contributed by atoms with Gasteiger partial charge < -0.3 is 9.80 Å². The molecule has 0 aromatic carbocycles. The van der Waals surface area contributed by atoms with E-state index in [1.807, 2.05) is 28.9 Å². The Morgan fingerprint density at radius 1 is 1.25 bits per heavy atom. The van der Waals surface area contributed by atoms with Crippen LogP contribution in [0.25, 0.3) is 11.0 Å². The molecular weight excluding hydrogens is 328 g/mol. The van der Waals surface area contributed by atoms with Crippen molar-refractivity contribution in [2.75, 3.05) is 31.1 Å². The fraction of sp³-hybridized carbons (Fsp3) is 0.333. The van der Waals surface area contributed by atoms with E-state index in [1.165, 1.54) is 17.5 Å². The molecule has 124 valence electrons. The van der Waals surface area contributed by atoms with Gasteiger partial charge in [0.15, 0.2) is 5.65 Å². The fourth-order valence-corrected chi connectivity index (χ4v) is 3.65. The molecule has 1 aliphatic rings. The molecule has 0 radical (unpaired) electrons. The average Bonchev–Trinajstić information content (AvgIpc) is 3.23. The van der Waals surface area contributed by atoms with Gasteiger partial charge in [-0.3, -0.25) is 19.7 Å². The third-order valence-corrected chi connectivity index (χ3v) is 5.11. The van der Waals surface area contributed by atoms with Gasteiger partial charge in [-0.25, -0.2) is 0 Å². The van der Waals surface area contributed by atoms with Gasteiger partial charge in [0.2, 0.25) is 5.95 Å². The number of carbonyl (C=O) groups is 1. The third-order valence-electron chi connectivity index (χ3n) is 4.12. The average molecular weight is 344 g/mol. The Hall–Kier alpha value is -2.68. The van der Waals surface area contributed by atoms with Gasteiger partial charge >= 0.3 is 0 Å². The van der Waals surface area contributed by atoms with E-state index in [0.717, 1.165) is 9.75 Å². The summed E-state index contributed by atoms with van der Waals surface area (Å²) in [5.74, 6) is 0.578. The first-order valence-electron chi connectivity index (χ1n) is 7.66. The molecule has 4 rings (SSSR count). The summed E-state index contributed by atoms with van der Waals surface area (Å²) in [5, 5.41) is 7.01. The Morgan fingerprint density at radius 2 is 2.04 bits per heavy atom. The maximum absolute atomic E-state index is 12.5. The largest absolute Gasteiger partial charge is 0.339 e. The SMILES string of the molecule is Cc1ccc(C(=O)N2CCN(c3nc4[nH]ncc4c(=O)[nH]3)CC2)s1. The first-order chi connectivity index (χ1) is 11.6. The van der Waals surface area contributed by atoms with Crippen molar-refractivity contribution in [2.24, 2.45) is 0 Å². The Kier molecular flexibility index (Phi) is 3.57. The quantitative estimate of drug-likeness (QED) is 0.722. The van der Waals surface area contributed by atoms with Crippen LogP contribution in [0.3, 0.4) is 0 Å². The van der Waals surface area contributed by atoms with Crippen molar-refractivity contribution in [1.29, 1.82) is 0 Å². The fourth-order valence-electron chi connectivity index (χ4n) is 2.81. The van der Waals surface area contributed by atoms with E-state index in [2.05, 4.69) is 20.2 Å². The first kappa shape index (κ1) is 14.9. The van der Waals surface area contributed by atoms with Crippen LogP contribution in [0.2, 0.25) is 0 Å². The normalized spacial score (nSPS) is 15.2. The van der Waals surface area contributed by atoms with Crippen molar-refractivity contribution >= 4 is 34.2 Å². The Labute approximate surface area is 141 Å². The van der Waals surface area contributed by atoms with Crippen LogP contribution in [0.5, 0.6) is 0 Å². The highest BCUT2D eigenvalue weighted by atomic mass is 32.1. The first-order valence-corrected chi connectivity index (χ1v) is 8.47. The number of aromatic nitrogens is 4. The van der Waals surface area contributed by atoms with Crippen LogP contribution < -0.4 is 10.5 Å². The number of rotatable bonds is 2. The summed E-state index contributed by atoms with van der Waals surface area (Å²) in [6, 6.07) is 3.84. The summed E-state index contributed by atoms with van der Waals surface area (Å²) < 4.78 is 0. The lowest BCUT2D eigenvalue weighted by atomic mass is 10.3. The van der Waals surface area contributed by atoms with Crippen LogP contribution in [0.1, 0.15) is 14.5 Å². The number of hydrogen-bond donors (Lipinski definition) is 2. The van der Waals surface area contributed by atoms with Crippen molar-refractivity contribution in [2.45, 2.75) is 6.92 Å². The summed E-state index contributed by atoms with van der Waals surface area (Å²) in [5.41, 5.74) is 0.262. The zero-order valence-electron chi connectivity index (χ0n) is 13.1. The minimum Gasteiger partial charge on any atom is -0.339 e. The van der Waals surface area contributed by atoms with Gasteiger partial charge in [0, 0.05) is 31.1 Å². The number of H-pyrrole nitrogens is 2. The Balaban J connectivity index is 1.49. The second-order valence-corrected chi connectivity index (χ2v) is 7.00. The lowest BCUT2D eigenvalue weighted by molar-refractivity contribution is 0.0751. The summed E-state index contributed by atoms with van der Waals surface area (Å²) >= 11 is 1.52. The minimum absolute atomic E-state index is 0.0678. The van der Waals surface area contributed by atoms with Crippen LogP contribution in [0.4, 0.5) is 5.95 Å². The number of piperazine rings is 1. The van der Waals surface area contributed by atoms with Gasteiger partial charge in [-0.05, 0) is 19.1 Å². The second-order valence-electron chi connectivity index (χ2n) is 5.71. The van der Waals surface area contributed by atoms with Crippen LogP contribution in [-0.4, -0.2) is 57.2 Å². The van der Waals surface area contributed by atoms with Crippen molar-refractivity contribution in [1.82, 2.24) is 25.1 Å². The van der Waals surface area contributed by atoms with Crippen LogP contribution in [0.15, 0.2) is 23.1 Å². The molecule has 24 heavy (non-hydrogen) atoms. The van der Waals surface area contributed by atoms with Gasteiger partial charge in [0.1, 0.15) is 5.39 Å². The van der Waals surface area contributed by atoms with Crippen molar-refractivity contribution < 1.29 is 4.79 Å². The number of amides is 1. The highest BCUT2D eigenvalue weighted by molar-refractivity contribution is 7.13. The lowest BCUT2D eigenvalue weighted by Gasteiger charge is -2.34. The molecule has 0 atom stereocenters. The number of thiophene rings is 1. The monoisotopic (exact) mass is 344 g/mol. The molecule has 0 bridgehead atoms. The lowest BCUT2D eigenvalue weighted by Crippen LogP contribution is -2.49. The molecule has 0 unspecified atom stereocenters. The molecule has 1 aliphatic heterocycles. The molecule has 1 fully saturated rings. The van der Waals surface area contributed by atoms with Gasteiger partial charge in [0.25, 0.3) is 11.5 Å². The summed E-state index contributed by atoms with van der Waals surface area (Å²) in [6.07, 6.45) is 1.46. The number of aryl methyl sites for hydroxylation is 1. The van der Waals surface area contributed by atoms with Crippen LogP contribution >= 0.6 is 11.3 Å². The molecule has 1 saturated heterocycles. The highest BCUT2D eigenvalue weighted by Gasteiger charge is 2.24. The number of nitrogens with one attached hydrogen (secondary N) is 2.